The van der Waals surface area contributed by atoms with Crippen LogP contribution in [0.5, 0.6) is 0 Å². The Morgan fingerprint density at radius 2 is 1.78 bits per heavy atom. The summed E-state index contributed by atoms with van der Waals surface area (Å²) in [5.74, 6) is 0.963. The van der Waals surface area contributed by atoms with Gasteiger partial charge in [-0.05, 0) is 49.7 Å². The molecule has 1 aliphatic rings. The zero-order valence-corrected chi connectivity index (χ0v) is 14.5. The molecular weight excluding hydrogens is 240 g/mol. The fourth-order valence-corrected chi connectivity index (χ4v) is 3.55. The molecule has 1 rings (SSSR count). The Bertz CT molecular complexity index is 289. The highest BCUT2D eigenvalue weighted by Crippen LogP contribution is 2.48. The highest BCUT2D eigenvalue weighted by Gasteiger charge is 2.50. The van der Waals surface area contributed by atoms with E-state index in [0.29, 0.717) is 17.9 Å². The van der Waals surface area contributed by atoms with Crippen molar-refractivity contribution in [1.29, 1.82) is 0 Å². The summed E-state index contributed by atoms with van der Waals surface area (Å²) in [6, 6.07) is 0. The first-order valence-corrected chi connectivity index (χ1v) is 10.2. The first-order valence-electron chi connectivity index (χ1n) is 7.27. The second-order valence-corrected chi connectivity index (χ2v) is 12.9. The monoisotopic (exact) mass is 272 g/mol. The molecule has 3 unspecified atom stereocenters. The molecule has 0 spiro atoms. The summed E-state index contributed by atoms with van der Waals surface area (Å²) >= 11 is 0. The maximum Gasteiger partial charge on any atom is 0.192 e. The van der Waals surface area contributed by atoms with E-state index in [-0.39, 0.29) is 5.04 Å². The summed E-state index contributed by atoms with van der Waals surface area (Å²) in [6.45, 7) is 17.9. The molecule has 1 saturated carbocycles. The zero-order chi connectivity index (χ0) is 14.4. The molecule has 0 saturated heterocycles. The number of rotatable bonds is 5. The summed E-state index contributed by atoms with van der Waals surface area (Å²) in [5, 5.41) is 10.2. The van der Waals surface area contributed by atoms with E-state index in [2.05, 4.69) is 47.7 Å². The Labute approximate surface area is 114 Å². The average molecular weight is 273 g/mol. The highest BCUT2D eigenvalue weighted by atomic mass is 28.4. The molecule has 0 radical (unpaired) electrons. The lowest BCUT2D eigenvalue weighted by molar-refractivity contribution is 0.0929. The van der Waals surface area contributed by atoms with Crippen LogP contribution >= 0.6 is 0 Å². The van der Waals surface area contributed by atoms with Crippen molar-refractivity contribution < 1.29 is 9.53 Å². The lowest BCUT2D eigenvalue weighted by atomic mass is 10.0. The number of hydrogen-bond donors (Lipinski definition) is 1. The van der Waals surface area contributed by atoms with Crippen LogP contribution in [0.1, 0.15) is 54.4 Å². The van der Waals surface area contributed by atoms with E-state index in [9.17, 15) is 5.11 Å². The van der Waals surface area contributed by atoms with E-state index in [1.165, 1.54) is 0 Å². The first kappa shape index (κ1) is 16.2. The van der Waals surface area contributed by atoms with Gasteiger partial charge in [0.1, 0.15) is 0 Å². The van der Waals surface area contributed by atoms with Crippen LogP contribution in [-0.4, -0.2) is 25.1 Å². The molecule has 0 amide bonds. The first-order chi connectivity index (χ1) is 7.87. The minimum atomic E-state index is -1.70. The van der Waals surface area contributed by atoms with Crippen LogP contribution in [-0.2, 0) is 4.43 Å². The molecule has 0 aliphatic heterocycles. The fourth-order valence-electron chi connectivity index (χ4n) is 2.07. The smallest absolute Gasteiger partial charge is 0.192 e. The second kappa shape index (κ2) is 4.91. The van der Waals surface area contributed by atoms with Crippen molar-refractivity contribution in [2.45, 2.75) is 84.2 Å². The van der Waals surface area contributed by atoms with E-state index in [0.717, 1.165) is 12.8 Å². The largest absolute Gasteiger partial charge is 0.414 e. The van der Waals surface area contributed by atoms with Crippen molar-refractivity contribution in [3.05, 3.63) is 0 Å². The molecule has 1 fully saturated rings. The van der Waals surface area contributed by atoms with E-state index in [4.69, 9.17) is 4.43 Å². The minimum Gasteiger partial charge on any atom is -0.414 e. The Balaban J connectivity index is 2.64. The maximum atomic E-state index is 9.94. The molecule has 108 valence electrons. The van der Waals surface area contributed by atoms with Gasteiger partial charge >= 0.3 is 0 Å². The molecule has 0 heterocycles. The second-order valence-electron chi connectivity index (χ2n) is 8.15. The molecule has 1 aliphatic carbocycles. The molecule has 1 N–H and O–H groups in total. The summed E-state index contributed by atoms with van der Waals surface area (Å²) in [7, 11) is -1.70. The quantitative estimate of drug-likeness (QED) is 0.760. The van der Waals surface area contributed by atoms with Crippen LogP contribution in [0, 0.1) is 11.8 Å². The fraction of sp³-hybridized carbons (Fsp3) is 1.00. The summed E-state index contributed by atoms with van der Waals surface area (Å²) in [5.41, 5.74) is -0.427. The van der Waals surface area contributed by atoms with Gasteiger partial charge in [-0.3, -0.25) is 0 Å². The van der Waals surface area contributed by atoms with Gasteiger partial charge in [-0.15, -0.1) is 0 Å². The minimum absolute atomic E-state index is 0.256. The van der Waals surface area contributed by atoms with E-state index in [1.54, 1.807) is 0 Å². The Hall–Kier alpha value is 0.137. The SMILES string of the molecule is CC(C)C(CC1CC1(C)O)O[Si](C)(C)C(C)(C)C. The predicted molar refractivity (Wildman–Crippen MR) is 80.3 cm³/mol. The van der Waals surface area contributed by atoms with Gasteiger partial charge in [0, 0.05) is 6.10 Å². The van der Waals surface area contributed by atoms with Gasteiger partial charge in [-0.25, -0.2) is 0 Å². The van der Waals surface area contributed by atoms with Gasteiger partial charge < -0.3 is 9.53 Å². The van der Waals surface area contributed by atoms with Gasteiger partial charge in [0.25, 0.3) is 0 Å². The maximum absolute atomic E-state index is 9.94. The van der Waals surface area contributed by atoms with E-state index in [1.807, 2.05) is 6.92 Å². The molecule has 0 aromatic heterocycles. The number of hydrogen-bond acceptors (Lipinski definition) is 2. The van der Waals surface area contributed by atoms with Crippen molar-refractivity contribution in [3.63, 3.8) is 0 Å². The van der Waals surface area contributed by atoms with Gasteiger partial charge in [0.15, 0.2) is 8.32 Å². The van der Waals surface area contributed by atoms with Crippen molar-refractivity contribution in [2.24, 2.45) is 11.8 Å². The lowest BCUT2D eigenvalue weighted by Gasteiger charge is -2.40. The molecule has 0 aromatic carbocycles. The molecule has 0 bridgehead atoms. The van der Waals surface area contributed by atoms with Gasteiger partial charge in [-0.2, -0.15) is 0 Å². The van der Waals surface area contributed by atoms with Gasteiger partial charge in [0.2, 0.25) is 0 Å². The molecular formula is C15H32O2Si. The summed E-state index contributed by atoms with van der Waals surface area (Å²) < 4.78 is 6.54. The Kier molecular flexibility index (Phi) is 4.42. The average Bonchev–Trinajstić information content (AvgIpc) is 2.69. The Morgan fingerprint density at radius 3 is 2.06 bits per heavy atom. The van der Waals surface area contributed by atoms with Crippen molar-refractivity contribution in [3.8, 4) is 0 Å². The standard InChI is InChI=1S/C15H32O2Si/c1-11(2)13(9-12-10-15(12,6)16)17-18(7,8)14(3,4)5/h11-13,16H,9-10H2,1-8H3. The van der Waals surface area contributed by atoms with Gasteiger partial charge in [-0.1, -0.05) is 34.6 Å². The van der Waals surface area contributed by atoms with Gasteiger partial charge in [0.05, 0.1) is 5.60 Å². The van der Waals surface area contributed by atoms with E-state index < -0.39 is 13.9 Å². The normalized spacial score (nSPS) is 30.7. The van der Waals surface area contributed by atoms with Crippen LogP contribution < -0.4 is 0 Å². The topological polar surface area (TPSA) is 29.5 Å². The van der Waals surface area contributed by atoms with Crippen LogP contribution in [0.25, 0.3) is 0 Å². The number of aliphatic hydroxyl groups is 1. The molecule has 18 heavy (non-hydrogen) atoms. The van der Waals surface area contributed by atoms with Crippen molar-refractivity contribution >= 4 is 8.32 Å². The van der Waals surface area contributed by atoms with Crippen LogP contribution in [0.2, 0.25) is 18.1 Å². The van der Waals surface area contributed by atoms with Crippen molar-refractivity contribution in [1.82, 2.24) is 0 Å². The predicted octanol–water partition coefficient (Wildman–Crippen LogP) is 4.19. The third-order valence-electron chi connectivity index (χ3n) is 4.89. The zero-order valence-electron chi connectivity index (χ0n) is 13.5. The van der Waals surface area contributed by atoms with Crippen LogP contribution in [0.15, 0.2) is 0 Å². The third kappa shape index (κ3) is 3.81. The van der Waals surface area contributed by atoms with Crippen LogP contribution in [0.4, 0.5) is 0 Å². The van der Waals surface area contributed by atoms with Crippen LogP contribution in [0.3, 0.4) is 0 Å². The van der Waals surface area contributed by atoms with E-state index >= 15 is 0 Å². The molecule has 2 nitrogen and oxygen atoms in total. The lowest BCUT2D eigenvalue weighted by Crippen LogP contribution is -2.45. The molecule has 3 atom stereocenters. The Morgan fingerprint density at radius 1 is 1.33 bits per heavy atom. The third-order valence-corrected chi connectivity index (χ3v) is 9.40. The highest BCUT2D eigenvalue weighted by molar-refractivity contribution is 6.74. The molecule has 3 heteroatoms. The summed E-state index contributed by atoms with van der Waals surface area (Å²) in [6.07, 6.45) is 2.25. The summed E-state index contributed by atoms with van der Waals surface area (Å²) in [4.78, 5) is 0. The molecule has 0 aromatic rings. The van der Waals surface area contributed by atoms with Crippen molar-refractivity contribution in [2.75, 3.05) is 0 Å².